The van der Waals surface area contributed by atoms with Gasteiger partial charge in [0.2, 0.25) is 11.8 Å². The van der Waals surface area contributed by atoms with Gasteiger partial charge in [-0.1, -0.05) is 0 Å². The summed E-state index contributed by atoms with van der Waals surface area (Å²) in [5.41, 5.74) is 0. The third kappa shape index (κ3) is 10.5. The second-order valence-electron chi connectivity index (χ2n) is 4.47. The van der Waals surface area contributed by atoms with Crippen LogP contribution in [0.2, 0.25) is 0 Å². The van der Waals surface area contributed by atoms with E-state index in [1.807, 2.05) is 0 Å². The van der Waals surface area contributed by atoms with Gasteiger partial charge in [-0.05, 0) is 25.8 Å². The lowest BCUT2D eigenvalue weighted by molar-refractivity contribution is -0.120. The van der Waals surface area contributed by atoms with E-state index in [-0.39, 0.29) is 18.4 Å². The molecular formula is C13H27N3O3. The summed E-state index contributed by atoms with van der Waals surface area (Å²) in [4.78, 5) is 24.6. The van der Waals surface area contributed by atoms with Crippen LogP contribution in [0.25, 0.3) is 0 Å². The lowest BCUT2D eigenvalue weighted by atomic mass is 10.2. The molecule has 19 heavy (non-hydrogen) atoms. The van der Waals surface area contributed by atoms with Gasteiger partial charge in [0, 0.05) is 46.6 Å². The number of aliphatic hydroxyl groups is 1. The first-order valence-corrected chi connectivity index (χ1v) is 6.88. The van der Waals surface area contributed by atoms with Crippen molar-refractivity contribution in [2.24, 2.45) is 0 Å². The van der Waals surface area contributed by atoms with Crippen LogP contribution in [0.5, 0.6) is 0 Å². The summed E-state index contributed by atoms with van der Waals surface area (Å²) in [5.74, 6) is 0.0283. The number of carbonyl (C=O) groups excluding carboxylic acids is 2. The van der Waals surface area contributed by atoms with Gasteiger partial charge in [-0.15, -0.1) is 0 Å². The molecule has 112 valence electrons. The van der Waals surface area contributed by atoms with Gasteiger partial charge in [-0.2, -0.15) is 0 Å². The smallest absolute Gasteiger partial charge is 0.221 e. The molecule has 0 heterocycles. The molecule has 2 amide bonds. The highest BCUT2D eigenvalue weighted by molar-refractivity contribution is 5.76. The van der Waals surface area contributed by atoms with Crippen LogP contribution in [0.4, 0.5) is 0 Å². The van der Waals surface area contributed by atoms with E-state index in [0.717, 1.165) is 25.8 Å². The molecule has 0 bridgehead atoms. The van der Waals surface area contributed by atoms with Crippen LogP contribution < -0.4 is 10.6 Å². The second-order valence-corrected chi connectivity index (χ2v) is 4.47. The van der Waals surface area contributed by atoms with Crippen LogP contribution in [0.1, 0.15) is 32.1 Å². The van der Waals surface area contributed by atoms with Gasteiger partial charge in [-0.3, -0.25) is 9.59 Å². The molecule has 6 heteroatoms. The first-order valence-electron chi connectivity index (χ1n) is 6.88. The number of amides is 2. The zero-order valence-corrected chi connectivity index (χ0v) is 12.1. The fraction of sp³-hybridized carbons (Fsp3) is 0.846. The highest BCUT2D eigenvalue weighted by Crippen LogP contribution is 2.01. The molecule has 0 aromatic rings. The first-order chi connectivity index (χ1) is 9.13. The highest BCUT2D eigenvalue weighted by Gasteiger charge is 2.09. The van der Waals surface area contributed by atoms with Crippen LogP contribution in [-0.2, 0) is 9.59 Å². The van der Waals surface area contributed by atoms with Crippen molar-refractivity contribution in [1.82, 2.24) is 15.5 Å². The fourth-order valence-electron chi connectivity index (χ4n) is 1.73. The summed E-state index contributed by atoms with van der Waals surface area (Å²) in [5, 5.41) is 13.9. The summed E-state index contributed by atoms with van der Waals surface area (Å²) in [7, 11) is 3.25. The molecule has 0 saturated heterocycles. The van der Waals surface area contributed by atoms with Gasteiger partial charge in [0.25, 0.3) is 0 Å². The topological polar surface area (TPSA) is 81.7 Å². The lowest BCUT2D eigenvalue weighted by Gasteiger charge is -2.21. The molecule has 0 saturated carbocycles. The zero-order chi connectivity index (χ0) is 14.5. The molecule has 0 aromatic carbocycles. The summed E-state index contributed by atoms with van der Waals surface area (Å²) >= 11 is 0. The summed E-state index contributed by atoms with van der Waals surface area (Å²) in [6, 6.07) is 0. The number of rotatable bonds is 11. The molecule has 0 rings (SSSR count). The lowest BCUT2D eigenvalue weighted by Crippen LogP contribution is -2.33. The average Bonchev–Trinajstić information content (AvgIpc) is 2.44. The molecule has 0 aromatic heterocycles. The number of aliphatic hydroxyl groups excluding tert-OH is 1. The van der Waals surface area contributed by atoms with Crippen LogP contribution in [0.15, 0.2) is 0 Å². The van der Waals surface area contributed by atoms with Crippen LogP contribution >= 0.6 is 0 Å². The maximum atomic E-state index is 11.2. The maximum Gasteiger partial charge on any atom is 0.221 e. The van der Waals surface area contributed by atoms with Crippen molar-refractivity contribution >= 4 is 11.8 Å². The van der Waals surface area contributed by atoms with E-state index in [0.29, 0.717) is 25.9 Å². The average molecular weight is 273 g/mol. The van der Waals surface area contributed by atoms with Gasteiger partial charge >= 0.3 is 0 Å². The maximum absolute atomic E-state index is 11.2. The zero-order valence-electron chi connectivity index (χ0n) is 12.1. The van der Waals surface area contributed by atoms with Crippen molar-refractivity contribution < 1.29 is 14.7 Å². The summed E-state index contributed by atoms with van der Waals surface area (Å²) in [6.45, 7) is 2.40. The molecule has 0 aliphatic rings. The van der Waals surface area contributed by atoms with E-state index in [9.17, 15) is 9.59 Å². The molecule has 0 radical (unpaired) electrons. The Hall–Kier alpha value is -1.14. The Morgan fingerprint density at radius 2 is 1.42 bits per heavy atom. The number of nitrogens with zero attached hydrogens (tertiary/aromatic N) is 1. The van der Waals surface area contributed by atoms with Crippen molar-refractivity contribution in [3.8, 4) is 0 Å². The largest absolute Gasteiger partial charge is 0.396 e. The second kappa shape index (κ2) is 11.9. The minimum Gasteiger partial charge on any atom is -0.396 e. The molecule has 0 spiro atoms. The summed E-state index contributed by atoms with van der Waals surface area (Å²) < 4.78 is 0. The van der Waals surface area contributed by atoms with E-state index in [1.54, 1.807) is 14.1 Å². The predicted octanol–water partition coefficient (Wildman–Crippen LogP) is -0.277. The molecule has 6 nitrogen and oxygen atoms in total. The van der Waals surface area contributed by atoms with Gasteiger partial charge in [0.1, 0.15) is 0 Å². The van der Waals surface area contributed by atoms with Crippen molar-refractivity contribution in [3.05, 3.63) is 0 Å². The Morgan fingerprint density at radius 3 is 1.84 bits per heavy atom. The molecule has 0 atom stereocenters. The number of nitrogens with one attached hydrogen (secondary N) is 2. The minimum atomic E-state index is 0.0142. The van der Waals surface area contributed by atoms with Gasteiger partial charge in [0.05, 0.1) is 0 Å². The monoisotopic (exact) mass is 273 g/mol. The Labute approximate surface area is 115 Å². The van der Waals surface area contributed by atoms with E-state index >= 15 is 0 Å². The number of unbranched alkanes of at least 4 members (excludes halogenated alkanes) is 2. The molecule has 0 unspecified atom stereocenters. The Bertz CT molecular complexity index is 240. The van der Waals surface area contributed by atoms with E-state index in [1.165, 1.54) is 0 Å². The van der Waals surface area contributed by atoms with Gasteiger partial charge in [0.15, 0.2) is 0 Å². The standard InChI is InChI=1S/C13H27N3O3/c1-14-12(18)6-9-16(8-4-3-5-11-17)10-7-13(19)15-2/h17H,3-11H2,1-2H3,(H,14,18)(H,15,19). The van der Waals surface area contributed by atoms with Gasteiger partial charge in [-0.25, -0.2) is 0 Å². The molecule has 0 aliphatic carbocycles. The minimum absolute atomic E-state index is 0.0142. The summed E-state index contributed by atoms with van der Waals surface area (Å²) in [6.07, 6.45) is 3.64. The van der Waals surface area contributed by atoms with Crippen molar-refractivity contribution in [2.75, 3.05) is 40.3 Å². The van der Waals surface area contributed by atoms with Crippen molar-refractivity contribution in [3.63, 3.8) is 0 Å². The van der Waals surface area contributed by atoms with E-state index in [4.69, 9.17) is 5.11 Å². The van der Waals surface area contributed by atoms with E-state index < -0.39 is 0 Å². The Kier molecular flexibility index (Phi) is 11.2. The fourth-order valence-corrected chi connectivity index (χ4v) is 1.73. The van der Waals surface area contributed by atoms with Crippen molar-refractivity contribution in [1.29, 1.82) is 0 Å². The molecule has 3 N–H and O–H groups in total. The highest BCUT2D eigenvalue weighted by atomic mass is 16.3. The normalized spacial score (nSPS) is 10.5. The van der Waals surface area contributed by atoms with Crippen LogP contribution in [0, 0.1) is 0 Å². The van der Waals surface area contributed by atoms with Crippen molar-refractivity contribution in [2.45, 2.75) is 32.1 Å². The third-order valence-electron chi connectivity index (χ3n) is 3.00. The molecule has 0 fully saturated rings. The Balaban J connectivity index is 3.98. The van der Waals surface area contributed by atoms with E-state index in [2.05, 4.69) is 15.5 Å². The van der Waals surface area contributed by atoms with Crippen LogP contribution in [-0.4, -0.2) is 62.2 Å². The third-order valence-corrected chi connectivity index (χ3v) is 3.00. The van der Waals surface area contributed by atoms with Crippen LogP contribution in [0.3, 0.4) is 0 Å². The first kappa shape index (κ1) is 17.9. The Morgan fingerprint density at radius 1 is 0.895 bits per heavy atom. The number of hydrogen-bond acceptors (Lipinski definition) is 4. The molecular weight excluding hydrogens is 246 g/mol. The molecule has 0 aliphatic heterocycles. The number of carbonyl (C=O) groups is 2. The SMILES string of the molecule is CNC(=O)CCN(CCCCCO)CCC(=O)NC. The predicted molar refractivity (Wildman–Crippen MR) is 74.7 cm³/mol. The van der Waals surface area contributed by atoms with Gasteiger partial charge < -0.3 is 20.6 Å². The number of hydrogen-bond donors (Lipinski definition) is 3. The quantitative estimate of drug-likeness (QED) is 0.452.